The Labute approximate surface area is 159 Å². The Balaban J connectivity index is 2.00. The molecule has 0 bridgehead atoms. The van der Waals surface area contributed by atoms with Crippen molar-refractivity contribution in [3.05, 3.63) is 42.0 Å². The minimum Gasteiger partial charge on any atom is -0.508 e. The fourth-order valence-electron chi connectivity index (χ4n) is 3.27. The quantitative estimate of drug-likeness (QED) is 0.740. The summed E-state index contributed by atoms with van der Waals surface area (Å²) in [5.74, 6) is -0.0585. The SMILES string of the molecule is Cc1ccc(Oc2cc(O)cc(O)c2)c(S(=O)(=O)N2CC(C)NC(C)C2)c1. The average Bonchev–Trinajstić information content (AvgIpc) is 2.54. The maximum absolute atomic E-state index is 13.3. The van der Waals surface area contributed by atoms with Crippen LogP contribution in [-0.4, -0.2) is 48.1 Å². The van der Waals surface area contributed by atoms with E-state index in [1.807, 2.05) is 20.8 Å². The van der Waals surface area contributed by atoms with Gasteiger partial charge in [0.25, 0.3) is 0 Å². The highest BCUT2D eigenvalue weighted by atomic mass is 32.2. The molecule has 0 amide bonds. The smallest absolute Gasteiger partial charge is 0.246 e. The van der Waals surface area contributed by atoms with Crippen LogP contribution in [0.5, 0.6) is 23.0 Å². The highest BCUT2D eigenvalue weighted by Gasteiger charge is 2.33. The number of phenols is 2. The molecule has 1 heterocycles. The first-order valence-corrected chi connectivity index (χ1v) is 10.2. The summed E-state index contributed by atoms with van der Waals surface area (Å²) < 4.78 is 33.8. The van der Waals surface area contributed by atoms with E-state index in [4.69, 9.17) is 4.74 Å². The van der Waals surface area contributed by atoms with Crippen LogP contribution in [0.25, 0.3) is 0 Å². The van der Waals surface area contributed by atoms with Gasteiger partial charge in [0.1, 0.15) is 27.9 Å². The van der Waals surface area contributed by atoms with Crippen LogP contribution >= 0.6 is 0 Å². The Morgan fingerprint density at radius 2 is 1.63 bits per heavy atom. The number of benzene rings is 2. The van der Waals surface area contributed by atoms with Crippen LogP contribution in [0.4, 0.5) is 0 Å². The van der Waals surface area contributed by atoms with Gasteiger partial charge in [0, 0.05) is 43.4 Å². The molecule has 0 saturated carbocycles. The summed E-state index contributed by atoms with van der Waals surface area (Å²) in [5.41, 5.74) is 0.788. The number of piperazine rings is 1. The highest BCUT2D eigenvalue weighted by molar-refractivity contribution is 7.89. The van der Waals surface area contributed by atoms with Crippen LogP contribution in [0.1, 0.15) is 19.4 Å². The third kappa shape index (κ3) is 4.35. The zero-order valence-electron chi connectivity index (χ0n) is 15.5. The lowest BCUT2D eigenvalue weighted by Gasteiger charge is -2.35. The molecule has 0 aliphatic carbocycles. The maximum atomic E-state index is 13.3. The van der Waals surface area contributed by atoms with E-state index in [9.17, 15) is 18.6 Å². The Kier molecular flexibility index (Phi) is 5.32. The summed E-state index contributed by atoms with van der Waals surface area (Å²) in [4.78, 5) is 0.0617. The zero-order chi connectivity index (χ0) is 19.8. The number of nitrogens with one attached hydrogen (secondary N) is 1. The summed E-state index contributed by atoms with van der Waals surface area (Å²) in [7, 11) is -3.78. The van der Waals surface area contributed by atoms with Crippen molar-refractivity contribution in [1.29, 1.82) is 0 Å². The fraction of sp³-hybridized carbons (Fsp3) is 0.368. The third-order valence-corrected chi connectivity index (χ3v) is 6.20. The van der Waals surface area contributed by atoms with Gasteiger partial charge >= 0.3 is 0 Å². The molecule has 0 aromatic heterocycles. The third-order valence-electron chi connectivity index (χ3n) is 4.34. The lowest BCUT2D eigenvalue weighted by molar-refractivity contribution is 0.262. The molecule has 2 aromatic carbocycles. The molecule has 2 aromatic rings. The number of aromatic hydroxyl groups is 2. The van der Waals surface area contributed by atoms with Gasteiger partial charge < -0.3 is 20.3 Å². The fourth-order valence-corrected chi connectivity index (χ4v) is 5.08. The number of phenolic OH excluding ortho intramolecular Hbond substituents is 2. The number of nitrogens with zero attached hydrogens (tertiary/aromatic N) is 1. The maximum Gasteiger partial charge on any atom is 0.246 e. The summed E-state index contributed by atoms with van der Waals surface area (Å²) >= 11 is 0. The van der Waals surface area contributed by atoms with Gasteiger partial charge in [-0.25, -0.2) is 8.42 Å². The molecule has 3 rings (SSSR count). The predicted molar refractivity (Wildman–Crippen MR) is 102 cm³/mol. The molecule has 146 valence electrons. The van der Waals surface area contributed by atoms with Crippen LogP contribution in [0.2, 0.25) is 0 Å². The summed E-state index contributed by atoms with van der Waals surface area (Å²) in [6, 6.07) is 8.78. The minimum absolute atomic E-state index is 0.0423. The van der Waals surface area contributed by atoms with Crippen molar-refractivity contribution in [2.75, 3.05) is 13.1 Å². The molecular formula is C19H24N2O5S. The van der Waals surface area contributed by atoms with E-state index in [2.05, 4.69) is 5.32 Å². The van der Waals surface area contributed by atoms with E-state index in [0.717, 1.165) is 5.56 Å². The van der Waals surface area contributed by atoms with Gasteiger partial charge in [-0.1, -0.05) is 6.07 Å². The largest absolute Gasteiger partial charge is 0.508 e. The zero-order valence-corrected chi connectivity index (χ0v) is 16.3. The summed E-state index contributed by atoms with van der Waals surface area (Å²) in [5, 5.41) is 22.6. The molecule has 1 fully saturated rings. The van der Waals surface area contributed by atoms with Crippen LogP contribution in [0.15, 0.2) is 41.3 Å². The molecule has 1 aliphatic heterocycles. The molecule has 0 spiro atoms. The molecule has 2 unspecified atom stereocenters. The number of hydrogen-bond acceptors (Lipinski definition) is 6. The van der Waals surface area contributed by atoms with Crippen molar-refractivity contribution >= 4 is 10.0 Å². The molecule has 27 heavy (non-hydrogen) atoms. The van der Waals surface area contributed by atoms with E-state index in [1.165, 1.54) is 22.5 Å². The van der Waals surface area contributed by atoms with Crippen molar-refractivity contribution in [2.24, 2.45) is 0 Å². The molecule has 7 nitrogen and oxygen atoms in total. The number of hydrogen-bond donors (Lipinski definition) is 3. The van der Waals surface area contributed by atoms with Gasteiger partial charge in [-0.3, -0.25) is 0 Å². The van der Waals surface area contributed by atoms with E-state index < -0.39 is 10.0 Å². The molecule has 1 aliphatic rings. The second-order valence-electron chi connectivity index (χ2n) is 7.03. The van der Waals surface area contributed by atoms with Crippen molar-refractivity contribution in [3.8, 4) is 23.0 Å². The molecule has 2 atom stereocenters. The lowest BCUT2D eigenvalue weighted by atomic mass is 10.2. The Morgan fingerprint density at radius 3 is 2.22 bits per heavy atom. The van der Waals surface area contributed by atoms with E-state index >= 15 is 0 Å². The molecule has 8 heteroatoms. The van der Waals surface area contributed by atoms with Crippen LogP contribution < -0.4 is 10.1 Å². The van der Waals surface area contributed by atoms with Crippen LogP contribution in [0, 0.1) is 6.92 Å². The molecular weight excluding hydrogens is 368 g/mol. The van der Waals surface area contributed by atoms with Gasteiger partial charge in [0.15, 0.2) is 0 Å². The number of rotatable bonds is 4. The van der Waals surface area contributed by atoms with E-state index in [1.54, 1.807) is 18.2 Å². The average molecular weight is 392 g/mol. The first-order chi connectivity index (χ1) is 12.6. The Morgan fingerprint density at radius 1 is 1.04 bits per heavy atom. The van der Waals surface area contributed by atoms with Gasteiger partial charge in [0.2, 0.25) is 10.0 Å². The number of ether oxygens (including phenoxy) is 1. The van der Waals surface area contributed by atoms with Crippen LogP contribution in [0.3, 0.4) is 0 Å². The Bertz CT molecular complexity index is 915. The van der Waals surface area contributed by atoms with Gasteiger partial charge in [-0.05, 0) is 38.5 Å². The van der Waals surface area contributed by atoms with Crippen molar-refractivity contribution in [3.63, 3.8) is 0 Å². The van der Waals surface area contributed by atoms with E-state index in [-0.39, 0.29) is 40.0 Å². The Hall–Kier alpha value is -2.29. The number of sulfonamides is 1. The summed E-state index contributed by atoms with van der Waals surface area (Å²) in [6.45, 7) is 6.44. The standard InChI is InChI=1S/C19H24N2O5S/c1-12-4-5-18(26-17-8-15(22)7-16(23)9-17)19(6-12)27(24,25)21-10-13(2)20-14(3)11-21/h4-9,13-14,20,22-23H,10-11H2,1-3H3. The minimum atomic E-state index is -3.78. The molecule has 3 N–H and O–H groups in total. The van der Waals surface area contributed by atoms with Gasteiger partial charge in [-0.2, -0.15) is 4.31 Å². The first-order valence-electron chi connectivity index (χ1n) is 8.73. The number of aryl methyl sites for hydroxylation is 1. The van der Waals surface area contributed by atoms with Gasteiger partial charge in [-0.15, -0.1) is 0 Å². The predicted octanol–water partition coefficient (Wildman–Crippen LogP) is 2.57. The van der Waals surface area contributed by atoms with Crippen LogP contribution in [-0.2, 0) is 10.0 Å². The molecule has 1 saturated heterocycles. The van der Waals surface area contributed by atoms with Crippen molar-refractivity contribution < 1.29 is 23.4 Å². The van der Waals surface area contributed by atoms with Crippen molar-refractivity contribution in [1.82, 2.24) is 9.62 Å². The van der Waals surface area contributed by atoms with E-state index in [0.29, 0.717) is 13.1 Å². The second kappa shape index (κ2) is 7.38. The first kappa shape index (κ1) is 19.5. The monoisotopic (exact) mass is 392 g/mol. The molecule has 0 radical (unpaired) electrons. The topological polar surface area (TPSA) is 99.1 Å². The normalized spacial score (nSPS) is 21.1. The second-order valence-corrected chi connectivity index (χ2v) is 8.93. The van der Waals surface area contributed by atoms with Crippen molar-refractivity contribution in [2.45, 2.75) is 37.8 Å². The summed E-state index contributed by atoms with van der Waals surface area (Å²) in [6.07, 6.45) is 0. The highest BCUT2D eigenvalue weighted by Crippen LogP contribution is 2.35. The van der Waals surface area contributed by atoms with Gasteiger partial charge in [0.05, 0.1) is 0 Å². The lowest BCUT2D eigenvalue weighted by Crippen LogP contribution is -2.55.